The van der Waals surface area contributed by atoms with Crippen molar-refractivity contribution < 1.29 is 27.8 Å². The molecule has 0 aromatic carbocycles. The molecular weight excluding hydrogens is 536 g/mol. The number of nitrogens with zero attached hydrogens (tertiary/aromatic N) is 2. The minimum Gasteiger partial charge on any atom is -0.469 e. The van der Waals surface area contributed by atoms with Gasteiger partial charge in [-0.05, 0) is 93.6 Å². The number of amides is 1. The van der Waals surface area contributed by atoms with Gasteiger partial charge in [0.25, 0.3) is 5.91 Å². The minimum absolute atomic E-state index is 0.0346. The Bertz CT molecular complexity index is 1100. The summed E-state index contributed by atoms with van der Waals surface area (Å²) in [6, 6.07) is 3.80. The van der Waals surface area contributed by atoms with E-state index in [1.54, 1.807) is 11.8 Å². The summed E-state index contributed by atoms with van der Waals surface area (Å²) in [5, 5.41) is 4.57. The van der Waals surface area contributed by atoms with Crippen LogP contribution in [0.1, 0.15) is 87.4 Å². The Hall–Kier alpha value is -1.94. The Labute approximate surface area is 239 Å². The fourth-order valence-electron chi connectivity index (χ4n) is 8.41. The van der Waals surface area contributed by atoms with Gasteiger partial charge in [-0.25, -0.2) is 4.98 Å². The number of methoxy groups -OCH3 is 1. The summed E-state index contributed by atoms with van der Waals surface area (Å²) in [5.74, 6) is 1.68. The lowest BCUT2D eigenvalue weighted by molar-refractivity contribution is -0.219. The zero-order chi connectivity index (χ0) is 27.9. The molecule has 1 aromatic rings. The first-order chi connectivity index (χ1) is 19.3. The number of pyridine rings is 1. The van der Waals surface area contributed by atoms with Crippen molar-refractivity contribution in [1.82, 2.24) is 10.3 Å². The van der Waals surface area contributed by atoms with E-state index in [0.29, 0.717) is 41.9 Å². The molecule has 1 amide bonds. The highest BCUT2D eigenvalue weighted by Crippen LogP contribution is 2.57. The first-order valence-electron chi connectivity index (χ1n) is 15.1. The van der Waals surface area contributed by atoms with Gasteiger partial charge in [0.05, 0.1) is 24.7 Å². The lowest BCUT2D eigenvalue weighted by atomic mass is 9.77. The first kappa shape index (κ1) is 28.2. The highest BCUT2D eigenvalue weighted by Gasteiger charge is 2.56. The quantitative estimate of drug-likeness (QED) is 0.371. The number of ether oxygens (including phenoxy) is 2. The smallest absolute Gasteiger partial charge is 0.345 e. The molecule has 3 unspecified atom stereocenters. The molecule has 40 heavy (non-hydrogen) atoms. The van der Waals surface area contributed by atoms with Gasteiger partial charge in [0.2, 0.25) is 0 Å². The van der Waals surface area contributed by atoms with Crippen molar-refractivity contribution in [1.29, 1.82) is 0 Å². The number of halogens is 2. The van der Waals surface area contributed by atoms with Gasteiger partial charge in [-0.15, -0.1) is 11.8 Å². The predicted octanol–water partition coefficient (Wildman–Crippen LogP) is 5.81. The van der Waals surface area contributed by atoms with Gasteiger partial charge in [-0.2, -0.15) is 8.78 Å². The molecule has 1 aromatic heterocycles. The van der Waals surface area contributed by atoms with E-state index in [0.717, 1.165) is 68.9 Å². The van der Waals surface area contributed by atoms with E-state index < -0.39 is 12.2 Å². The van der Waals surface area contributed by atoms with Gasteiger partial charge in [0, 0.05) is 24.4 Å². The van der Waals surface area contributed by atoms with Crippen molar-refractivity contribution >= 4 is 29.5 Å². The number of aromatic nitrogens is 1. The standard InChI is InChI=1S/C30H41F2N3O4S/c1-38-26(36)13-19-10-11-35(17-19)25-9-7-22(28(34-25)40-21-4-2-3-5-21)27(37)33-24-8-6-18-12-20-15-30(14-18,16-23(20)24)39-29(31)32/h7,9,18-21,23-24,29H,2-6,8,10-17H2,1H3,(H,33,37)/t18?,19-,20?,23?,24-,30-/m0/s1. The predicted molar refractivity (Wildman–Crippen MR) is 149 cm³/mol. The van der Waals surface area contributed by atoms with Crippen molar-refractivity contribution in [2.24, 2.45) is 23.7 Å². The molecule has 4 saturated carbocycles. The van der Waals surface area contributed by atoms with Gasteiger partial charge in [0.15, 0.2) is 0 Å². The summed E-state index contributed by atoms with van der Waals surface area (Å²) in [7, 11) is 1.42. The van der Waals surface area contributed by atoms with E-state index in [1.807, 2.05) is 12.1 Å². The summed E-state index contributed by atoms with van der Waals surface area (Å²) in [6.45, 7) is -1.19. The van der Waals surface area contributed by atoms with Crippen LogP contribution >= 0.6 is 11.8 Å². The molecule has 5 aliphatic rings. The van der Waals surface area contributed by atoms with Gasteiger partial charge in [0.1, 0.15) is 10.8 Å². The number of anilines is 1. The Balaban J connectivity index is 1.19. The van der Waals surface area contributed by atoms with Gasteiger partial charge >= 0.3 is 12.6 Å². The SMILES string of the molecule is COC(=O)C[C@@H]1CCN(c2ccc(C(=O)N[C@H]3CCC4CC5C[C@@](OC(F)F)(C4)CC53)c(SC3CCCC3)n2)C1. The number of esters is 1. The lowest BCUT2D eigenvalue weighted by Gasteiger charge is -2.37. The molecule has 3 bridgehead atoms. The third-order valence-corrected chi connectivity index (χ3v) is 11.5. The molecule has 220 valence electrons. The second-order valence-corrected chi connectivity index (χ2v) is 14.1. The van der Waals surface area contributed by atoms with Crippen LogP contribution in [0.15, 0.2) is 17.2 Å². The van der Waals surface area contributed by atoms with Crippen molar-refractivity contribution in [2.45, 2.75) is 106 Å². The number of rotatable bonds is 9. The molecule has 1 N–H and O–H groups in total. The molecule has 7 nitrogen and oxygen atoms in total. The average Bonchev–Trinajstić information content (AvgIpc) is 3.64. The first-order valence-corrected chi connectivity index (χ1v) is 15.9. The molecule has 6 atom stereocenters. The molecule has 0 radical (unpaired) electrons. The van der Waals surface area contributed by atoms with E-state index in [9.17, 15) is 18.4 Å². The van der Waals surface area contributed by atoms with Crippen molar-refractivity contribution in [3.63, 3.8) is 0 Å². The van der Waals surface area contributed by atoms with Gasteiger partial charge < -0.3 is 19.7 Å². The Morgan fingerprint density at radius 3 is 2.75 bits per heavy atom. The molecule has 6 rings (SSSR count). The van der Waals surface area contributed by atoms with E-state index in [1.165, 1.54) is 20.0 Å². The number of fused-ring (bicyclic) bond motifs is 2. The normalized spacial score (nSPS) is 33.5. The molecule has 0 spiro atoms. The number of alkyl halides is 2. The van der Waals surface area contributed by atoms with Crippen LogP contribution in [0.3, 0.4) is 0 Å². The molecular formula is C30H41F2N3O4S. The average molecular weight is 578 g/mol. The van der Waals surface area contributed by atoms with Crippen LogP contribution in [0.4, 0.5) is 14.6 Å². The third kappa shape index (κ3) is 5.98. The van der Waals surface area contributed by atoms with Crippen molar-refractivity contribution in [2.75, 3.05) is 25.1 Å². The molecule has 1 saturated heterocycles. The number of thioether (sulfide) groups is 1. The molecule has 1 aliphatic heterocycles. The zero-order valence-electron chi connectivity index (χ0n) is 23.3. The number of carbonyl (C=O) groups excluding carboxylic acids is 2. The molecule has 5 fully saturated rings. The van der Waals surface area contributed by atoms with E-state index >= 15 is 0 Å². The largest absolute Gasteiger partial charge is 0.469 e. The summed E-state index contributed by atoms with van der Waals surface area (Å²) >= 11 is 1.72. The highest BCUT2D eigenvalue weighted by atomic mass is 32.2. The number of hydrogen-bond acceptors (Lipinski definition) is 7. The van der Waals surface area contributed by atoms with Gasteiger partial charge in [-0.1, -0.05) is 12.8 Å². The van der Waals surface area contributed by atoms with Crippen molar-refractivity contribution in [3.05, 3.63) is 17.7 Å². The van der Waals surface area contributed by atoms with Crippen LogP contribution < -0.4 is 10.2 Å². The van der Waals surface area contributed by atoms with Crippen LogP contribution in [0.2, 0.25) is 0 Å². The Morgan fingerprint density at radius 1 is 1.15 bits per heavy atom. The second-order valence-electron chi connectivity index (χ2n) is 12.8. The van der Waals surface area contributed by atoms with Crippen LogP contribution in [-0.2, 0) is 14.3 Å². The molecule has 10 heteroatoms. The van der Waals surface area contributed by atoms with Gasteiger partial charge in [-0.3, -0.25) is 9.59 Å². The molecule has 2 heterocycles. The summed E-state index contributed by atoms with van der Waals surface area (Å²) < 4.78 is 36.7. The summed E-state index contributed by atoms with van der Waals surface area (Å²) in [4.78, 5) is 32.8. The van der Waals surface area contributed by atoms with E-state index in [4.69, 9.17) is 14.5 Å². The maximum Gasteiger partial charge on any atom is 0.345 e. The fourth-order valence-corrected chi connectivity index (χ4v) is 9.73. The van der Waals surface area contributed by atoms with Crippen LogP contribution in [0, 0.1) is 23.7 Å². The van der Waals surface area contributed by atoms with E-state index in [-0.39, 0.29) is 29.8 Å². The minimum atomic E-state index is -2.75. The van der Waals surface area contributed by atoms with Crippen LogP contribution in [0.25, 0.3) is 0 Å². The number of carbonyl (C=O) groups is 2. The Kier molecular flexibility index (Phi) is 8.28. The van der Waals surface area contributed by atoms with Crippen molar-refractivity contribution in [3.8, 4) is 0 Å². The zero-order valence-corrected chi connectivity index (χ0v) is 24.1. The fraction of sp³-hybridized carbons (Fsp3) is 0.767. The topological polar surface area (TPSA) is 80.8 Å². The number of nitrogens with one attached hydrogen (secondary N) is 1. The van der Waals surface area contributed by atoms with E-state index in [2.05, 4.69) is 10.2 Å². The third-order valence-electron chi connectivity index (χ3n) is 10.2. The van der Waals surface area contributed by atoms with Crippen LogP contribution in [-0.4, -0.2) is 60.6 Å². The maximum atomic E-state index is 13.8. The molecule has 4 aliphatic carbocycles. The monoisotopic (exact) mass is 577 g/mol. The summed E-state index contributed by atoms with van der Waals surface area (Å²) in [5.41, 5.74) is -0.127. The number of hydrogen-bond donors (Lipinski definition) is 1. The lowest BCUT2D eigenvalue weighted by Crippen LogP contribution is -2.43. The van der Waals surface area contributed by atoms with Crippen LogP contribution in [0.5, 0.6) is 0 Å². The summed E-state index contributed by atoms with van der Waals surface area (Å²) in [6.07, 6.45) is 10.9. The Morgan fingerprint density at radius 2 is 1.98 bits per heavy atom. The highest BCUT2D eigenvalue weighted by molar-refractivity contribution is 7.99. The second kappa shape index (κ2) is 11.7. The maximum absolute atomic E-state index is 13.8.